The summed E-state index contributed by atoms with van der Waals surface area (Å²) in [6.07, 6.45) is 5.29. The Balaban J connectivity index is 2.81. The number of anilines is 1. The van der Waals surface area contributed by atoms with E-state index >= 15 is 0 Å². The Kier molecular flexibility index (Phi) is 5.96. The van der Waals surface area contributed by atoms with Gasteiger partial charge in [-0.15, -0.1) is 0 Å². The van der Waals surface area contributed by atoms with Gasteiger partial charge >= 0.3 is 11.9 Å². The van der Waals surface area contributed by atoms with E-state index in [1.54, 1.807) is 0 Å². The second-order valence-corrected chi connectivity index (χ2v) is 6.62. The molecule has 11 nitrogen and oxygen atoms in total. The normalized spacial score (nSPS) is 13.9. The molecule has 1 aromatic carbocycles. The van der Waals surface area contributed by atoms with E-state index in [0.29, 0.717) is 6.07 Å². The fourth-order valence-electron chi connectivity index (χ4n) is 2.36. The molecular formula is C16H14N2O9S. The number of hydrogen-bond acceptors (Lipinski definition) is 9. The van der Waals surface area contributed by atoms with Crippen molar-refractivity contribution in [3.8, 4) is 0 Å². The smallest absolute Gasteiger partial charge is 0.355 e. The van der Waals surface area contributed by atoms with Gasteiger partial charge in [-0.05, 0) is 24.3 Å². The highest BCUT2D eigenvalue weighted by Gasteiger charge is 2.31. The molecule has 0 unspecified atom stereocenters. The van der Waals surface area contributed by atoms with Crippen LogP contribution in [0.25, 0.3) is 0 Å². The lowest BCUT2D eigenvalue weighted by Gasteiger charge is -2.23. The molecule has 1 heterocycles. The molecule has 0 aliphatic carbocycles. The second kappa shape index (κ2) is 8.02. The highest BCUT2D eigenvalue weighted by atomic mass is 32.2. The lowest BCUT2D eigenvalue weighted by atomic mass is 10.1. The SMILES string of the molecule is COC(=O)C1=C(C(=O)OC)N(c2ccc(S(=O)(=O)O)cc2[N+](=O)[O-])C=CC=C1. The van der Waals surface area contributed by atoms with Gasteiger partial charge in [0.25, 0.3) is 15.8 Å². The summed E-state index contributed by atoms with van der Waals surface area (Å²) in [5.74, 6) is -1.90. The Morgan fingerprint density at radius 1 is 1.14 bits per heavy atom. The third-order valence-corrected chi connectivity index (χ3v) is 4.44. The zero-order valence-electron chi connectivity index (χ0n) is 14.6. The monoisotopic (exact) mass is 410 g/mol. The molecule has 1 aliphatic rings. The summed E-state index contributed by atoms with van der Waals surface area (Å²) in [7, 11) is -2.57. The zero-order chi connectivity index (χ0) is 21.1. The molecule has 12 heteroatoms. The van der Waals surface area contributed by atoms with E-state index in [1.165, 1.54) is 24.4 Å². The van der Waals surface area contributed by atoms with Crippen LogP contribution in [0.3, 0.4) is 0 Å². The van der Waals surface area contributed by atoms with Gasteiger partial charge in [-0.25, -0.2) is 9.59 Å². The summed E-state index contributed by atoms with van der Waals surface area (Å²) >= 11 is 0. The van der Waals surface area contributed by atoms with Crippen LogP contribution >= 0.6 is 0 Å². The lowest BCUT2D eigenvalue weighted by molar-refractivity contribution is -0.384. The number of nitro groups is 1. The number of nitrogens with zero attached hydrogens (tertiary/aromatic N) is 2. The Morgan fingerprint density at radius 2 is 1.79 bits per heavy atom. The quantitative estimate of drug-likeness (QED) is 0.325. The van der Waals surface area contributed by atoms with Crippen molar-refractivity contribution >= 4 is 33.4 Å². The van der Waals surface area contributed by atoms with Gasteiger partial charge < -0.3 is 14.4 Å². The van der Waals surface area contributed by atoms with Crippen LogP contribution in [-0.2, 0) is 29.2 Å². The second-order valence-electron chi connectivity index (χ2n) is 5.20. The van der Waals surface area contributed by atoms with Crippen molar-refractivity contribution in [2.45, 2.75) is 4.90 Å². The van der Waals surface area contributed by atoms with E-state index in [4.69, 9.17) is 4.55 Å². The van der Waals surface area contributed by atoms with Crippen LogP contribution < -0.4 is 4.90 Å². The number of benzene rings is 1. The van der Waals surface area contributed by atoms with Crippen LogP contribution in [0.1, 0.15) is 0 Å². The van der Waals surface area contributed by atoms with Crippen molar-refractivity contribution in [2.75, 3.05) is 19.1 Å². The van der Waals surface area contributed by atoms with Crippen LogP contribution in [-0.4, -0.2) is 44.1 Å². The first kappa shape index (κ1) is 20.8. The Bertz CT molecular complexity index is 1040. The highest BCUT2D eigenvalue weighted by molar-refractivity contribution is 7.85. The van der Waals surface area contributed by atoms with E-state index in [1.807, 2.05) is 0 Å². The van der Waals surface area contributed by atoms with E-state index in [9.17, 15) is 28.1 Å². The van der Waals surface area contributed by atoms with Crippen molar-refractivity contribution < 1.29 is 37.0 Å². The van der Waals surface area contributed by atoms with Crippen molar-refractivity contribution in [3.63, 3.8) is 0 Å². The van der Waals surface area contributed by atoms with Gasteiger partial charge in [-0.2, -0.15) is 8.42 Å². The molecule has 0 saturated heterocycles. The maximum Gasteiger partial charge on any atom is 0.355 e. The van der Waals surface area contributed by atoms with Crippen LogP contribution in [0.2, 0.25) is 0 Å². The summed E-state index contributed by atoms with van der Waals surface area (Å²) in [6, 6.07) is 2.55. The highest BCUT2D eigenvalue weighted by Crippen LogP contribution is 2.35. The van der Waals surface area contributed by atoms with Crippen LogP contribution in [0.5, 0.6) is 0 Å². The van der Waals surface area contributed by atoms with Crippen molar-refractivity contribution in [3.05, 3.63) is 64.0 Å². The van der Waals surface area contributed by atoms with E-state index < -0.39 is 37.6 Å². The topological polar surface area (TPSA) is 153 Å². The first-order chi connectivity index (χ1) is 13.1. The third kappa shape index (κ3) is 4.07. The van der Waals surface area contributed by atoms with Gasteiger partial charge in [0.2, 0.25) is 0 Å². The van der Waals surface area contributed by atoms with Gasteiger partial charge in [-0.1, -0.05) is 6.08 Å². The molecule has 0 spiro atoms. The molecule has 2 rings (SSSR count). The molecule has 0 amide bonds. The Hall–Kier alpha value is -3.51. The van der Waals surface area contributed by atoms with Crippen molar-refractivity contribution in [2.24, 2.45) is 0 Å². The minimum atomic E-state index is -4.71. The number of carbonyl (C=O) groups excluding carboxylic acids is 2. The molecule has 148 valence electrons. The average molecular weight is 410 g/mol. The number of carbonyl (C=O) groups is 2. The first-order valence-corrected chi connectivity index (χ1v) is 8.86. The Labute approximate surface area is 159 Å². The molecule has 0 radical (unpaired) electrons. The zero-order valence-corrected chi connectivity index (χ0v) is 15.4. The largest absolute Gasteiger partial charge is 0.465 e. The number of allylic oxidation sites excluding steroid dienone is 2. The number of rotatable bonds is 5. The summed E-state index contributed by atoms with van der Waals surface area (Å²) in [5.41, 5.74) is -1.62. The number of esters is 2. The summed E-state index contributed by atoms with van der Waals surface area (Å²) in [6.45, 7) is 0. The molecule has 28 heavy (non-hydrogen) atoms. The molecule has 0 atom stereocenters. The molecule has 1 aromatic rings. The van der Waals surface area contributed by atoms with Crippen molar-refractivity contribution in [1.82, 2.24) is 0 Å². The number of nitro benzene ring substituents is 1. The predicted molar refractivity (Wildman–Crippen MR) is 94.7 cm³/mol. The lowest BCUT2D eigenvalue weighted by Crippen LogP contribution is -2.27. The third-order valence-electron chi connectivity index (χ3n) is 3.59. The van der Waals surface area contributed by atoms with Gasteiger partial charge in [0.15, 0.2) is 0 Å². The van der Waals surface area contributed by atoms with Gasteiger partial charge in [0, 0.05) is 12.3 Å². The maximum absolute atomic E-state index is 12.3. The standard InChI is InChI=1S/C16H14N2O9S/c1-26-15(19)11-5-3-4-8-17(14(11)16(20)27-2)12-7-6-10(28(23,24)25)9-13(12)18(21)22/h3-9H,1-2H3,(H,23,24,25). The summed E-state index contributed by atoms with van der Waals surface area (Å²) in [4.78, 5) is 35.3. The minimum absolute atomic E-state index is 0.243. The van der Waals surface area contributed by atoms with Gasteiger partial charge in [0.1, 0.15) is 16.3 Å². The summed E-state index contributed by atoms with van der Waals surface area (Å²) < 4.78 is 41.1. The maximum atomic E-state index is 12.3. The van der Waals surface area contributed by atoms with Gasteiger partial charge in [0.05, 0.1) is 24.7 Å². The van der Waals surface area contributed by atoms with E-state index in [-0.39, 0.29) is 17.0 Å². The predicted octanol–water partition coefficient (Wildman–Crippen LogP) is 1.33. The minimum Gasteiger partial charge on any atom is -0.465 e. The van der Waals surface area contributed by atoms with Crippen LogP contribution in [0, 0.1) is 10.1 Å². The fraction of sp³-hybridized carbons (Fsp3) is 0.125. The van der Waals surface area contributed by atoms with E-state index in [2.05, 4.69) is 9.47 Å². The average Bonchev–Trinajstić information content (AvgIpc) is 2.88. The molecular weight excluding hydrogens is 396 g/mol. The van der Waals surface area contributed by atoms with Crippen LogP contribution in [0.15, 0.2) is 58.8 Å². The molecule has 0 bridgehead atoms. The number of ether oxygens (including phenoxy) is 2. The van der Waals surface area contributed by atoms with Gasteiger partial charge in [-0.3, -0.25) is 14.7 Å². The molecule has 1 aliphatic heterocycles. The molecule has 0 saturated carbocycles. The first-order valence-electron chi connectivity index (χ1n) is 7.42. The van der Waals surface area contributed by atoms with E-state index in [0.717, 1.165) is 31.3 Å². The Morgan fingerprint density at radius 3 is 2.32 bits per heavy atom. The molecule has 0 aromatic heterocycles. The molecule has 1 N–H and O–H groups in total. The summed E-state index contributed by atoms with van der Waals surface area (Å²) in [5, 5.41) is 11.5. The molecule has 0 fully saturated rings. The van der Waals surface area contributed by atoms with Crippen LogP contribution in [0.4, 0.5) is 11.4 Å². The van der Waals surface area contributed by atoms with Crippen molar-refractivity contribution in [1.29, 1.82) is 0 Å². The number of hydrogen-bond donors (Lipinski definition) is 1. The number of methoxy groups -OCH3 is 2. The fourth-order valence-corrected chi connectivity index (χ4v) is 2.87.